The van der Waals surface area contributed by atoms with Gasteiger partial charge in [-0.05, 0) is 98.7 Å². The van der Waals surface area contributed by atoms with Gasteiger partial charge in [-0.1, -0.05) is 89.5 Å². The molecule has 0 amide bonds. The van der Waals surface area contributed by atoms with Crippen LogP contribution in [0, 0.1) is 33.5 Å². The lowest BCUT2D eigenvalue weighted by Gasteiger charge is -2.50. The number of hydrogen-bond donors (Lipinski definition) is 0. The molecule has 0 radical (unpaired) electrons. The van der Waals surface area contributed by atoms with E-state index in [1.54, 1.807) is 0 Å². The first-order chi connectivity index (χ1) is 23.4. The molecule has 0 fully saturated rings. The van der Waals surface area contributed by atoms with Crippen molar-refractivity contribution < 1.29 is 38.2 Å². The summed E-state index contributed by atoms with van der Waals surface area (Å²) in [7, 11) is 3.91. The van der Waals surface area contributed by atoms with Crippen molar-refractivity contribution in [2.75, 3.05) is 20.6 Å². The van der Waals surface area contributed by atoms with Crippen molar-refractivity contribution in [1.82, 2.24) is 4.90 Å². The first-order valence-corrected chi connectivity index (χ1v) is 19.8. The number of carbonyl (C=O) groups is 5. The first-order valence-electron chi connectivity index (χ1n) is 19.8. The summed E-state index contributed by atoms with van der Waals surface area (Å²) in [4.78, 5) is 69.6. The third-order valence-corrected chi connectivity index (χ3v) is 11.9. The van der Waals surface area contributed by atoms with E-state index >= 15 is 0 Å². The van der Waals surface area contributed by atoms with E-state index in [0.717, 1.165) is 19.4 Å². The smallest absolute Gasteiger partial charge is 0.313 e. The van der Waals surface area contributed by atoms with Gasteiger partial charge in [0.15, 0.2) is 0 Å². The topological polar surface area (TPSA) is 116 Å². The average Bonchev–Trinajstić information content (AvgIpc) is 2.97. The Bertz CT molecular complexity index is 1200. The number of hydrogen-bond acceptors (Lipinski definition) is 9. The van der Waals surface area contributed by atoms with E-state index in [1.807, 2.05) is 130 Å². The standard InChI is InChI=1S/C43H79NO8/c1-19-24-43(16,33(46)27-36(49)52-41(13,14)31(6)20-2)29-39(9,10)37(50-34(47)23-22-25-44(17)18)42(15,21-3)28-38(7,8)32(45)26-35(48)51-40(11,12)30(4)5/h30-31,37H,19-29H2,1-18H3. The molecular formula is C43H79NO8. The van der Waals surface area contributed by atoms with Crippen LogP contribution < -0.4 is 0 Å². The molecule has 0 aromatic carbocycles. The quantitative estimate of drug-likeness (QED) is 0.0513. The Morgan fingerprint density at radius 2 is 1.17 bits per heavy atom. The molecule has 4 unspecified atom stereocenters. The molecule has 0 saturated carbocycles. The van der Waals surface area contributed by atoms with Crippen LogP contribution in [-0.4, -0.2) is 72.3 Å². The molecule has 0 heterocycles. The second kappa shape index (κ2) is 19.9. The van der Waals surface area contributed by atoms with Crippen LogP contribution in [-0.2, 0) is 38.2 Å². The molecule has 0 aliphatic rings. The van der Waals surface area contributed by atoms with Gasteiger partial charge in [-0.25, -0.2) is 0 Å². The Hall–Kier alpha value is -2.29. The zero-order valence-electron chi connectivity index (χ0n) is 36.7. The Morgan fingerprint density at radius 1 is 0.673 bits per heavy atom. The van der Waals surface area contributed by atoms with E-state index in [0.29, 0.717) is 32.1 Å². The van der Waals surface area contributed by atoms with Gasteiger partial charge in [-0.3, -0.25) is 24.0 Å². The predicted octanol–water partition coefficient (Wildman–Crippen LogP) is 9.56. The van der Waals surface area contributed by atoms with E-state index in [-0.39, 0.29) is 48.6 Å². The molecule has 0 rings (SSSR count). The zero-order chi connectivity index (χ0) is 41.1. The van der Waals surface area contributed by atoms with Crippen molar-refractivity contribution in [3.05, 3.63) is 0 Å². The summed E-state index contributed by atoms with van der Waals surface area (Å²) in [5.74, 6) is -1.66. The number of esters is 3. The Kier molecular flexibility index (Phi) is 19.0. The van der Waals surface area contributed by atoms with Gasteiger partial charge in [0.1, 0.15) is 41.7 Å². The molecule has 0 bridgehead atoms. The molecule has 0 aromatic heterocycles. The van der Waals surface area contributed by atoms with Crippen LogP contribution >= 0.6 is 0 Å². The summed E-state index contributed by atoms with van der Waals surface area (Å²) in [5, 5.41) is 0. The third-order valence-electron chi connectivity index (χ3n) is 11.9. The maximum absolute atomic E-state index is 14.1. The van der Waals surface area contributed by atoms with Gasteiger partial charge in [-0.2, -0.15) is 0 Å². The zero-order valence-corrected chi connectivity index (χ0v) is 36.7. The fourth-order valence-corrected chi connectivity index (χ4v) is 7.55. The largest absolute Gasteiger partial charge is 0.461 e. The fourth-order valence-electron chi connectivity index (χ4n) is 7.55. The minimum atomic E-state index is -0.952. The minimum Gasteiger partial charge on any atom is -0.461 e. The second-order valence-electron chi connectivity index (χ2n) is 19.1. The molecular weight excluding hydrogens is 658 g/mol. The summed E-state index contributed by atoms with van der Waals surface area (Å²) in [6.45, 7) is 31.9. The van der Waals surface area contributed by atoms with E-state index in [2.05, 4.69) is 0 Å². The molecule has 0 saturated heterocycles. The molecule has 0 N–H and O–H groups in total. The summed E-state index contributed by atoms with van der Waals surface area (Å²) in [6, 6.07) is 0. The number of rotatable bonds is 25. The second-order valence-corrected chi connectivity index (χ2v) is 19.1. The molecule has 9 nitrogen and oxygen atoms in total. The van der Waals surface area contributed by atoms with Crippen LogP contribution in [0.3, 0.4) is 0 Å². The van der Waals surface area contributed by atoms with Gasteiger partial charge in [-0.15, -0.1) is 0 Å². The van der Waals surface area contributed by atoms with Crippen LogP contribution in [0.1, 0.15) is 175 Å². The highest BCUT2D eigenvalue weighted by atomic mass is 16.6. The van der Waals surface area contributed by atoms with Gasteiger partial charge >= 0.3 is 17.9 Å². The molecule has 9 heteroatoms. The van der Waals surface area contributed by atoms with Crippen molar-refractivity contribution in [3.63, 3.8) is 0 Å². The number of Topliss-reactive ketones (excluding diaryl/α,β-unsaturated/α-hetero) is 2. The van der Waals surface area contributed by atoms with Gasteiger partial charge in [0, 0.05) is 28.1 Å². The lowest BCUT2D eigenvalue weighted by molar-refractivity contribution is -0.174. The fraction of sp³-hybridized carbons (Fsp3) is 0.884. The molecule has 52 heavy (non-hydrogen) atoms. The van der Waals surface area contributed by atoms with Crippen molar-refractivity contribution >= 4 is 29.5 Å². The summed E-state index contributed by atoms with van der Waals surface area (Å²) < 4.78 is 18.0. The Morgan fingerprint density at radius 3 is 1.62 bits per heavy atom. The lowest BCUT2D eigenvalue weighted by atomic mass is 9.58. The van der Waals surface area contributed by atoms with E-state index in [1.165, 1.54) is 0 Å². The van der Waals surface area contributed by atoms with Crippen molar-refractivity contribution in [2.24, 2.45) is 33.5 Å². The molecule has 0 aliphatic carbocycles. The van der Waals surface area contributed by atoms with Crippen LogP contribution in [0.25, 0.3) is 0 Å². The Labute approximate surface area is 318 Å². The molecule has 4 atom stereocenters. The monoisotopic (exact) mass is 738 g/mol. The number of nitrogens with zero attached hydrogens (tertiary/aromatic N) is 1. The Balaban J connectivity index is 6.72. The van der Waals surface area contributed by atoms with E-state index in [4.69, 9.17) is 14.2 Å². The molecule has 0 aromatic rings. The van der Waals surface area contributed by atoms with Crippen LogP contribution in [0.4, 0.5) is 0 Å². The maximum atomic E-state index is 14.1. The van der Waals surface area contributed by atoms with Crippen molar-refractivity contribution in [2.45, 2.75) is 192 Å². The van der Waals surface area contributed by atoms with Crippen LogP contribution in [0.5, 0.6) is 0 Å². The third kappa shape index (κ3) is 15.2. The van der Waals surface area contributed by atoms with Crippen molar-refractivity contribution in [1.29, 1.82) is 0 Å². The predicted molar refractivity (Wildman–Crippen MR) is 210 cm³/mol. The molecule has 0 spiro atoms. The van der Waals surface area contributed by atoms with E-state index in [9.17, 15) is 24.0 Å². The number of ketones is 2. The van der Waals surface area contributed by atoms with Gasteiger partial charge in [0.05, 0.1) is 0 Å². The molecule has 0 aliphatic heterocycles. The first kappa shape index (κ1) is 49.7. The van der Waals surface area contributed by atoms with Gasteiger partial charge < -0.3 is 19.1 Å². The average molecular weight is 738 g/mol. The van der Waals surface area contributed by atoms with E-state index < -0.39 is 50.9 Å². The SMILES string of the molecule is CCCC(C)(CC(C)(C)C(OC(=O)CCCN(C)C)C(C)(CC)CC(C)(C)C(=O)CC(=O)OC(C)(C)C(C)C)C(=O)CC(=O)OC(C)(C)C(C)CC. The van der Waals surface area contributed by atoms with Gasteiger partial charge in [0.2, 0.25) is 0 Å². The summed E-state index contributed by atoms with van der Waals surface area (Å²) >= 11 is 0. The summed E-state index contributed by atoms with van der Waals surface area (Å²) in [5.41, 5.74) is -4.73. The van der Waals surface area contributed by atoms with Crippen LogP contribution in [0.2, 0.25) is 0 Å². The number of carbonyl (C=O) groups excluding carboxylic acids is 5. The highest BCUT2D eigenvalue weighted by Gasteiger charge is 2.52. The molecule has 304 valence electrons. The lowest BCUT2D eigenvalue weighted by Crippen LogP contribution is -2.51. The summed E-state index contributed by atoms with van der Waals surface area (Å²) in [6.07, 6.45) is 2.85. The minimum absolute atomic E-state index is 0.0749. The van der Waals surface area contributed by atoms with Gasteiger partial charge in [0.25, 0.3) is 0 Å². The normalized spacial score (nSPS) is 16.5. The highest BCUT2D eigenvalue weighted by molar-refractivity contribution is 5.99. The highest BCUT2D eigenvalue weighted by Crippen LogP contribution is 2.52. The maximum Gasteiger partial charge on any atom is 0.313 e. The van der Waals surface area contributed by atoms with Crippen molar-refractivity contribution in [3.8, 4) is 0 Å². The van der Waals surface area contributed by atoms with Crippen LogP contribution in [0.15, 0.2) is 0 Å². The number of ether oxygens (including phenoxy) is 3.